The van der Waals surface area contributed by atoms with Gasteiger partial charge in [-0.3, -0.25) is 4.68 Å². The first kappa shape index (κ1) is 24.8. The van der Waals surface area contributed by atoms with Crippen LogP contribution in [0.4, 0.5) is 5.82 Å². The summed E-state index contributed by atoms with van der Waals surface area (Å²) in [5.41, 5.74) is 1.36. The first-order valence-corrected chi connectivity index (χ1v) is 19.8. The number of carbonyl (C=O) groups excluding carboxylic acids is 1. The minimum atomic E-state index is -2.05. The van der Waals surface area contributed by atoms with Crippen LogP contribution in [0, 0.1) is 12.8 Å². The van der Waals surface area contributed by atoms with Crippen molar-refractivity contribution in [3.8, 4) is 5.82 Å². The average molecular weight is 542 g/mol. The van der Waals surface area contributed by atoms with Gasteiger partial charge in [0, 0.05) is 7.05 Å². The number of hydrogen-bond donors (Lipinski definition) is 1. The van der Waals surface area contributed by atoms with Gasteiger partial charge in [0.2, 0.25) is 0 Å². The molecule has 1 aliphatic heterocycles. The van der Waals surface area contributed by atoms with Crippen molar-refractivity contribution in [2.75, 3.05) is 11.4 Å². The summed E-state index contributed by atoms with van der Waals surface area (Å²) >= 11 is -0.765. The third-order valence-electron chi connectivity index (χ3n) is 6.25. The third kappa shape index (κ3) is 5.05. The quantitative estimate of drug-likeness (QED) is 0.376. The fourth-order valence-corrected chi connectivity index (χ4v) is 7.36. The van der Waals surface area contributed by atoms with E-state index in [0.717, 1.165) is 29.4 Å². The molecule has 0 aliphatic carbocycles. The molecule has 0 saturated carbocycles. The van der Waals surface area contributed by atoms with Gasteiger partial charge in [-0.25, -0.2) is 0 Å². The van der Waals surface area contributed by atoms with Gasteiger partial charge in [0.1, 0.15) is 0 Å². The number of nitrogens with one attached hydrogen (secondary N) is 1. The summed E-state index contributed by atoms with van der Waals surface area (Å²) < 4.78 is 7.78. The average Bonchev–Trinajstić information content (AvgIpc) is 3.42. The Bertz CT molecular complexity index is 1210. The Morgan fingerprint density at radius 3 is 2.50 bits per heavy atom. The molecule has 4 heterocycles. The molecule has 0 aromatic carbocycles. The van der Waals surface area contributed by atoms with Gasteiger partial charge >= 0.3 is 186 Å². The van der Waals surface area contributed by atoms with E-state index in [4.69, 9.17) is 10.1 Å². The number of pyridine rings is 1. The number of hydrogen-bond acceptors (Lipinski definition) is 6. The van der Waals surface area contributed by atoms with Gasteiger partial charge in [-0.05, 0) is 6.92 Å². The molecular formula is C24H35GeN7OS. The Balaban J connectivity index is 1.70. The molecule has 1 N–H and O–H groups in total. The van der Waals surface area contributed by atoms with Gasteiger partial charge in [0.15, 0.2) is 0 Å². The zero-order valence-electron chi connectivity index (χ0n) is 21.4. The Hall–Kier alpha value is -2.27. The van der Waals surface area contributed by atoms with E-state index in [0.29, 0.717) is 17.3 Å². The van der Waals surface area contributed by atoms with Crippen molar-refractivity contribution >= 4 is 41.5 Å². The third-order valence-corrected chi connectivity index (χ3v) is 10.9. The number of rotatable bonds is 6. The fraction of sp³-hybridized carbons (Fsp3) is 0.500. The zero-order valence-corrected chi connectivity index (χ0v) is 24.3. The first-order valence-electron chi connectivity index (χ1n) is 11.7. The molecule has 182 valence electrons. The van der Waals surface area contributed by atoms with Crippen LogP contribution in [0.2, 0.25) is 17.3 Å². The molecule has 1 aliphatic rings. The van der Waals surface area contributed by atoms with Crippen molar-refractivity contribution in [1.29, 1.82) is 0 Å². The van der Waals surface area contributed by atoms with Crippen LogP contribution >= 0.6 is 11.9 Å². The van der Waals surface area contributed by atoms with Crippen LogP contribution in [0.5, 0.6) is 0 Å². The Labute approximate surface area is 209 Å². The second-order valence-corrected chi connectivity index (χ2v) is 22.3. The van der Waals surface area contributed by atoms with E-state index in [2.05, 4.69) is 58.8 Å². The first-order chi connectivity index (χ1) is 15.8. The van der Waals surface area contributed by atoms with Crippen molar-refractivity contribution < 1.29 is 4.79 Å². The molecule has 0 bridgehead atoms. The van der Waals surface area contributed by atoms with E-state index in [9.17, 15) is 4.79 Å². The SMILES string of the molecule is Cc1nn(C)cc1SNC(=O)c1ccc(-n2cc[c]([Ge]([CH3])([CH3])[CH3])n2)nc1N1CC(C)CC1(C)C. The van der Waals surface area contributed by atoms with Crippen molar-refractivity contribution in [3.63, 3.8) is 0 Å². The van der Waals surface area contributed by atoms with Crippen molar-refractivity contribution in [1.82, 2.24) is 29.3 Å². The van der Waals surface area contributed by atoms with Gasteiger partial charge < -0.3 is 0 Å². The molecule has 10 heteroatoms. The maximum absolute atomic E-state index is 13.3. The molecule has 3 aromatic rings. The molecular weight excluding hydrogens is 507 g/mol. The summed E-state index contributed by atoms with van der Waals surface area (Å²) in [6, 6.07) is 5.87. The predicted molar refractivity (Wildman–Crippen MR) is 141 cm³/mol. The molecule has 4 rings (SSSR count). The summed E-state index contributed by atoms with van der Waals surface area (Å²) in [5, 5.41) is 9.19. The van der Waals surface area contributed by atoms with Crippen molar-refractivity contribution in [3.05, 3.63) is 41.9 Å². The van der Waals surface area contributed by atoms with Crippen LogP contribution in [0.1, 0.15) is 43.2 Å². The molecule has 34 heavy (non-hydrogen) atoms. The van der Waals surface area contributed by atoms with Gasteiger partial charge in [-0.1, -0.05) is 0 Å². The summed E-state index contributed by atoms with van der Waals surface area (Å²) in [6.45, 7) is 9.49. The number of aromatic nitrogens is 5. The van der Waals surface area contributed by atoms with Crippen LogP contribution in [0.3, 0.4) is 0 Å². The topological polar surface area (TPSA) is 80.9 Å². The van der Waals surface area contributed by atoms with Gasteiger partial charge in [0.25, 0.3) is 0 Å². The molecule has 1 atom stereocenters. The van der Waals surface area contributed by atoms with Gasteiger partial charge in [-0.15, -0.1) is 0 Å². The van der Waals surface area contributed by atoms with Crippen LogP contribution in [0.25, 0.3) is 5.82 Å². The monoisotopic (exact) mass is 543 g/mol. The number of aryl methyl sites for hydroxylation is 2. The van der Waals surface area contributed by atoms with Gasteiger partial charge in [-0.2, -0.15) is 5.10 Å². The Morgan fingerprint density at radius 1 is 1.21 bits per heavy atom. The molecule has 0 radical (unpaired) electrons. The van der Waals surface area contributed by atoms with Crippen LogP contribution in [0.15, 0.2) is 35.5 Å². The summed E-state index contributed by atoms with van der Waals surface area (Å²) in [4.78, 5) is 21.6. The van der Waals surface area contributed by atoms with E-state index >= 15 is 0 Å². The number of carbonyl (C=O) groups is 1. The van der Waals surface area contributed by atoms with E-state index in [-0.39, 0.29) is 11.4 Å². The van der Waals surface area contributed by atoms with Crippen LogP contribution in [-0.4, -0.2) is 55.8 Å². The molecule has 0 spiro atoms. The Kier molecular flexibility index (Phi) is 6.63. The van der Waals surface area contributed by atoms with E-state index in [1.807, 2.05) is 43.2 Å². The normalized spacial score (nSPS) is 17.9. The number of nitrogens with zero attached hydrogens (tertiary/aromatic N) is 6. The van der Waals surface area contributed by atoms with E-state index in [1.54, 1.807) is 4.68 Å². The van der Waals surface area contributed by atoms with Crippen molar-refractivity contribution in [2.45, 2.75) is 61.8 Å². The van der Waals surface area contributed by atoms with Crippen LogP contribution in [-0.2, 0) is 7.05 Å². The summed E-state index contributed by atoms with van der Waals surface area (Å²) in [6.07, 6.45) is 4.94. The second-order valence-electron chi connectivity index (χ2n) is 11.0. The standard InChI is InChI=1S/C24H35GeN7OS/c1-16-13-24(3,4)31(14-16)22-18(23(33)29-34-19-15-30(8)27-17(19)2)9-10-21(26-22)32-12-11-20(28-32)25(5,6)7/h9-12,15-16H,13-14H2,1-8H3,(H,29,33). The molecule has 3 aromatic heterocycles. The minimum absolute atomic E-state index is 0.0941. The summed E-state index contributed by atoms with van der Waals surface area (Å²) in [5.74, 6) is 8.79. The zero-order chi connectivity index (χ0) is 24.8. The molecule has 1 saturated heterocycles. The molecule has 1 amide bonds. The molecule has 8 nitrogen and oxygen atoms in total. The summed E-state index contributed by atoms with van der Waals surface area (Å²) in [7, 11) is 1.87. The van der Waals surface area contributed by atoms with E-state index < -0.39 is 13.3 Å². The number of anilines is 1. The van der Waals surface area contributed by atoms with Crippen LogP contribution < -0.4 is 14.1 Å². The van der Waals surface area contributed by atoms with Gasteiger partial charge in [0.05, 0.1) is 0 Å². The van der Waals surface area contributed by atoms with E-state index in [1.165, 1.54) is 16.5 Å². The molecule has 1 unspecified atom stereocenters. The maximum atomic E-state index is 13.3. The molecule has 1 fully saturated rings. The number of amides is 1. The predicted octanol–water partition coefficient (Wildman–Crippen LogP) is 3.92. The fourth-order valence-electron chi connectivity index (χ4n) is 4.59. The van der Waals surface area contributed by atoms with Crippen molar-refractivity contribution in [2.24, 2.45) is 13.0 Å². The second kappa shape index (κ2) is 9.07. The Morgan fingerprint density at radius 2 is 1.94 bits per heavy atom.